The number of carbonyl (C=O) groups excluding carboxylic acids is 1. The maximum absolute atomic E-state index is 12.0. The molecule has 1 aliphatic rings. The monoisotopic (exact) mass is 315 g/mol. The van der Waals surface area contributed by atoms with Gasteiger partial charge in [0.05, 0.1) is 18.9 Å². The Hall–Kier alpha value is -2.18. The van der Waals surface area contributed by atoms with Crippen molar-refractivity contribution in [1.29, 1.82) is 0 Å². The second-order valence-electron chi connectivity index (χ2n) is 5.71. The number of ether oxygens (including phenoxy) is 2. The second-order valence-corrected chi connectivity index (χ2v) is 5.71. The predicted molar refractivity (Wildman–Crippen MR) is 85.7 cm³/mol. The Labute approximate surface area is 135 Å². The molecular weight excluding hydrogens is 294 g/mol. The van der Waals surface area contributed by atoms with Crippen LogP contribution in [0.2, 0.25) is 0 Å². The van der Waals surface area contributed by atoms with Crippen LogP contribution < -0.4 is 0 Å². The lowest BCUT2D eigenvalue weighted by atomic mass is 10.1. The normalized spacial score (nSPS) is 21.5. The average molecular weight is 315 g/mol. The topological polar surface area (TPSA) is 67.5 Å². The molecule has 2 atom stereocenters. The molecule has 2 heterocycles. The molecule has 1 aromatic carbocycles. The van der Waals surface area contributed by atoms with Gasteiger partial charge in [0.15, 0.2) is 0 Å². The fraction of sp³-hybridized carbons (Fsp3) is 0.412. The minimum Gasteiger partial charge on any atom is -0.468 e. The number of aromatic nitrogens is 2. The van der Waals surface area contributed by atoms with Crippen LogP contribution in [0.25, 0.3) is 11.3 Å². The first-order chi connectivity index (χ1) is 11.2. The van der Waals surface area contributed by atoms with E-state index in [1.54, 1.807) is 7.11 Å². The number of benzene rings is 1. The number of esters is 1. The maximum Gasteiger partial charge on any atom is 0.323 e. The van der Waals surface area contributed by atoms with Crippen LogP contribution in [0.3, 0.4) is 0 Å². The van der Waals surface area contributed by atoms with E-state index in [1.807, 2.05) is 36.4 Å². The summed E-state index contributed by atoms with van der Waals surface area (Å²) in [5.74, 6) is -0.215. The van der Waals surface area contributed by atoms with Gasteiger partial charge in [0, 0.05) is 37.9 Å². The van der Waals surface area contributed by atoms with Crippen molar-refractivity contribution in [2.45, 2.75) is 25.1 Å². The fourth-order valence-electron chi connectivity index (χ4n) is 3.01. The number of rotatable bonds is 5. The number of aromatic amines is 1. The van der Waals surface area contributed by atoms with Crippen molar-refractivity contribution in [3.63, 3.8) is 0 Å². The molecule has 23 heavy (non-hydrogen) atoms. The SMILES string of the molecule is COC(=O)[C@@H]1C[C@@H](OC)CN1Cc1cc(-c2ccccc2)n[nH]1. The third kappa shape index (κ3) is 3.43. The molecule has 1 aromatic heterocycles. The lowest BCUT2D eigenvalue weighted by Gasteiger charge is -2.20. The molecule has 122 valence electrons. The zero-order valence-electron chi connectivity index (χ0n) is 13.4. The molecule has 3 rings (SSSR count). The third-order valence-electron chi connectivity index (χ3n) is 4.25. The zero-order chi connectivity index (χ0) is 16.2. The Morgan fingerprint density at radius 1 is 1.35 bits per heavy atom. The largest absolute Gasteiger partial charge is 0.468 e. The Balaban J connectivity index is 1.73. The van der Waals surface area contributed by atoms with Gasteiger partial charge in [0.25, 0.3) is 0 Å². The minimum absolute atomic E-state index is 0.0515. The summed E-state index contributed by atoms with van der Waals surface area (Å²) < 4.78 is 10.3. The van der Waals surface area contributed by atoms with Gasteiger partial charge in [-0.1, -0.05) is 30.3 Å². The summed E-state index contributed by atoms with van der Waals surface area (Å²) in [7, 11) is 3.09. The highest BCUT2D eigenvalue weighted by molar-refractivity contribution is 5.76. The average Bonchev–Trinajstić information content (AvgIpc) is 3.22. The molecule has 0 aliphatic carbocycles. The molecule has 6 heteroatoms. The predicted octanol–water partition coefficient (Wildman–Crippen LogP) is 1.84. The third-order valence-corrected chi connectivity index (χ3v) is 4.25. The summed E-state index contributed by atoms with van der Waals surface area (Å²) in [6.07, 6.45) is 0.707. The highest BCUT2D eigenvalue weighted by Gasteiger charge is 2.37. The van der Waals surface area contributed by atoms with Crippen molar-refractivity contribution in [2.75, 3.05) is 20.8 Å². The molecule has 2 aromatic rings. The summed E-state index contributed by atoms with van der Waals surface area (Å²) in [4.78, 5) is 14.0. The van der Waals surface area contributed by atoms with Gasteiger partial charge in [0.2, 0.25) is 0 Å². The summed E-state index contributed by atoms with van der Waals surface area (Å²) in [5, 5.41) is 7.42. The number of hydrogen-bond donors (Lipinski definition) is 1. The molecule has 0 radical (unpaired) electrons. The molecule has 1 N–H and O–H groups in total. The van der Waals surface area contributed by atoms with Crippen molar-refractivity contribution >= 4 is 5.97 Å². The van der Waals surface area contributed by atoms with Gasteiger partial charge in [-0.15, -0.1) is 0 Å². The number of nitrogens with zero attached hydrogens (tertiary/aromatic N) is 2. The standard InChI is InChI=1S/C17H21N3O3/c1-22-14-9-16(17(21)23-2)20(11-14)10-13-8-15(19-18-13)12-6-4-3-5-7-12/h3-8,14,16H,9-11H2,1-2H3,(H,18,19)/t14-,16+/m1/s1. The van der Waals surface area contributed by atoms with Gasteiger partial charge in [-0.2, -0.15) is 5.10 Å². The van der Waals surface area contributed by atoms with Gasteiger partial charge >= 0.3 is 5.97 Å². The van der Waals surface area contributed by atoms with E-state index >= 15 is 0 Å². The van der Waals surface area contributed by atoms with Crippen LogP contribution in [0, 0.1) is 0 Å². The molecule has 1 fully saturated rings. The van der Waals surface area contributed by atoms with Gasteiger partial charge < -0.3 is 9.47 Å². The van der Waals surface area contributed by atoms with Crippen LogP contribution in [-0.4, -0.2) is 54.0 Å². The van der Waals surface area contributed by atoms with Crippen molar-refractivity contribution in [3.05, 3.63) is 42.1 Å². The molecule has 0 saturated carbocycles. The fourth-order valence-corrected chi connectivity index (χ4v) is 3.01. The van der Waals surface area contributed by atoms with E-state index < -0.39 is 0 Å². The maximum atomic E-state index is 12.0. The van der Waals surface area contributed by atoms with E-state index in [0.29, 0.717) is 19.5 Å². The molecule has 6 nitrogen and oxygen atoms in total. The van der Waals surface area contributed by atoms with E-state index in [2.05, 4.69) is 15.1 Å². The van der Waals surface area contributed by atoms with Crippen LogP contribution in [0.5, 0.6) is 0 Å². The van der Waals surface area contributed by atoms with Crippen molar-refractivity contribution < 1.29 is 14.3 Å². The van der Waals surface area contributed by atoms with E-state index in [4.69, 9.17) is 9.47 Å². The number of carbonyl (C=O) groups is 1. The Morgan fingerprint density at radius 3 is 2.83 bits per heavy atom. The first-order valence-electron chi connectivity index (χ1n) is 7.65. The molecule has 1 saturated heterocycles. The van der Waals surface area contributed by atoms with Gasteiger partial charge in [-0.05, 0) is 6.07 Å². The van der Waals surface area contributed by atoms with Crippen LogP contribution in [0.15, 0.2) is 36.4 Å². The van der Waals surface area contributed by atoms with Crippen LogP contribution in [0.1, 0.15) is 12.1 Å². The Morgan fingerprint density at radius 2 is 2.13 bits per heavy atom. The molecule has 0 unspecified atom stereocenters. The van der Waals surface area contributed by atoms with Crippen molar-refractivity contribution in [3.8, 4) is 11.3 Å². The summed E-state index contributed by atoms with van der Waals surface area (Å²) >= 11 is 0. The van der Waals surface area contributed by atoms with E-state index in [9.17, 15) is 4.79 Å². The van der Waals surface area contributed by atoms with E-state index in [1.165, 1.54) is 7.11 Å². The van der Waals surface area contributed by atoms with Crippen molar-refractivity contribution in [1.82, 2.24) is 15.1 Å². The Kier molecular flexibility index (Phi) is 4.73. The lowest BCUT2D eigenvalue weighted by molar-refractivity contribution is -0.146. The number of methoxy groups -OCH3 is 2. The molecule has 0 spiro atoms. The summed E-state index contributed by atoms with van der Waals surface area (Å²) in [6.45, 7) is 1.31. The van der Waals surface area contributed by atoms with E-state index in [0.717, 1.165) is 17.0 Å². The van der Waals surface area contributed by atoms with Crippen LogP contribution in [0.4, 0.5) is 0 Å². The van der Waals surface area contributed by atoms with Gasteiger partial charge in [-0.25, -0.2) is 0 Å². The number of likely N-dealkylation sites (tertiary alicyclic amines) is 1. The van der Waals surface area contributed by atoms with E-state index in [-0.39, 0.29) is 18.1 Å². The number of hydrogen-bond acceptors (Lipinski definition) is 5. The number of nitrogens with one attached hydrogen (secondary N) is 1. The minimum atomic E-state index is -0.270. The highest BCUT2D eigenvalue weighted by Crippen LogP contribution is 2.24. The first kappa shape index (κ1) is 15.7. The smallest absolute Gasteiger partial charge is 0.323 e. The second kappa shape index (κ2) is 6.93. The lowest BCUT2D eigenvalue weighted by Crippen LogP contribution is -2.36. The first-order valence-corrected chi connectivity index (χ1v) is 7.65. The van der Waals surface area contributed by atoms with Gasteiger partial charge in [0.1, 0.15) is 6.04 Å². The highest BCUT2D eigenvalue weighted by atomic mass is 16.5. The molecule has 1 aliphatic heterocycles. The molecular formula is C17H21N3O3. The number of H-pyrrole nitrogens is 1. The summed E-state index contributed by atoms with van der Waals surface area (Å²) in [5.41, 5.74) is 2.93. The molecule has 0 amide bonds. The quantitative estimate of drug-likeness (QED) is 0.853. The van der Waals surface area contributed by atoms with Crippen LogP contribution in [-0.2, 0) is 20.8 Å². The molecule has 0 bridgehead atoms. The van der Waals surface area contributed by atoms with Crippen molar-refractivity contribution in [2.24, 2.45) is 0 Å². The zero-order valence-corrected chi connectivity index (χ0v) is 13.4. The summed E-state index contributed by atoms with van der Waals surface area (Å²) in [6, 6.07) is 11.7. The van der Waals surface area contributed by atoms with Crippen LogP contribution >= 0.6 is 0 Å². The Bertz CT molecular complexity index is 656. The van der Waals surface area contributed by atoms with Gasteiger partial charge in [-0.3, -0.25) is 14.8 Å².